The first-order valence-electron chi connectivity index (χ1n) is 3.18. The zero-order valence-corrected chi connectivity index (χ0v) is 5.55. The summed E-state index contributed by atoms with van der Waals surface area (Å²) in [5.41, 5.74) is 0. The lowest BCUT2D eigenvalue weighted by Crippen LogP contribution is -2.29. The number of hydrogen-bond donors (Lipinski definition) is 1. The van der Waals surface area contributed by atoms with E-state index in [0.717, 1.165) is 13.1 Å². The van der Waals surface area contributed by atoms with Gasteiger partial charge in [-0.05, 0) is 6.92 Å². The van der Waals surface area contributed by atoms with Gasteiger partial charge in [-0.2, -0.15) is 0 Å². The molecule has 2 heteroatoms. The van der Waals surface area contributed by atoms with Crippen LogP contribution in [-0.4, -0.2) is 18.9 Å². The van der Waals surface area contributed by atoms with Gasteiger partial charge in [-0.3, -0.25) is 4.79 Å². The maximum Gasteiger partial charge on any atom is 0.137 e. The van der Waals surface area contributed by atoms with Crippen molar-refractivity contribution in [2.45, 2.75) is 6.92 Å². The molecule has 0 aromatic rings. The van der Waals surface area contributed by atoms with E-state index in [9.17, 15) is 4.79 Å². The van der Waals surface area contributed by atoms with E-state index in [0.29, 0.717) is 0 Å². The molecule has 0 aromatic carbocycles. The lowest BCUT2D eigenvalue weighted by Gasteiger charge is -2.13. The SMILES string of the molecule is CC(=O)C1C=CCNC1. The molecule has 0 fully saturated rings. The summed E-state index contributed by atoms with van der Waals surface area (Å²) in [7, 11) is 0. The van der Waals surface area contributed by atoms with Crippen molar-refractivity contribution in [2.24, 2.45) is 5.92 Å². The number of Topliss-reactive ketones (excluding diaryl/α,β-unsaturated/α-hetero) is 1. The summed E-state index contributed by atoms with van der Waals surface area (Å²) in [6, 6.07) is 0. The highest BCUT2D eigenvalue weighted by Gasteiger charge is 2.11. The van der Waals surface area contributed by atoms with Gasteiger partial charge in [0.15, 0.2) is 0 Å². The third-order valence-electron chi connectivity index (χ3n) is 1.52. The summed E-state index contributed by atoms with van der Waals surface area (Å²) in [5, 5.41) is 3.11. The normalized spacial score (nSPS) is 26.1. The van der Waals surface area contributed by atoms with E-state index < -0.39 is 0 Å². The maximum absolute atomic E-state index is 10.7. The van der Waals surface area contributed by atoms with Crippen LogP contribution in [0.2, 0.25) is 0 Å². The molecule has 0 radical (unpaired) electrons. The average molecular weight is 125 g/mol. The van der Waals surface area contributed by atoms with Crippen LogP contribution in [0.5, 0.6) is 0 Å². The number of ketones is 1. The Balaban J connectivity index is 2.50. The summed E-state index contributed by atoms with van der Waals surface area (Å²) in [6.07, 6.45) is 3.97. The van der Waals surface area contributed by atoms with Crippen molar-refractivity contribution in [2.75, 3.05) is 13.1 Å². The monoisotopic (exact) mass is 125 g/mol. The van der Waals surface area contributed by atoms with E-state index in [1.165, 1.54) is 0 Å². The number of carbonyl (C=O) groups excluding carboxylic acids is 1. The molecule has 50 valence electrons. The van der Waals surface area contributed by atoms with Crippen LogP contribution in [0.3, 0.4) is 0 Å². The molecule has 1 unspecified atom stereocenters. The molecule has 0 spiro atoms. The first-order valence-corrected chi connectivity index (χ1v) is 3.18. The van der Waals surface area contributed by atoms with Gasteiger partial charge in [0.05, 0.1) is 0 Å². The topological polar surface area (TPSA) is 29.1 Å². The summed E-state index contributed by atoms with van der Waals surface area (Å²) in [6.45, 7) is 3.34. The van der Waals surface area contributed by atoms with Crippen LogP contribution in [-0.2, 0) is 4.79 Å². The molecule has 2 nitrogen and oxygen atoms in total. The Bertz CT molecular complexity index is 140. The summed E-state index contributed by atoms with van der Waals surface area (Å²) < 4.78 is 0. The summed E-state index contributed by atoms with van der Waals surface area (Å²) in [5.74, 6) is 0.372. The van der Waals surface area contributed by atoms with Crippen LogP contribution in [0.1, 0.15) is 6.92 Å². The molecule has 1 N–H and O–H groups in total. The van der Waals surface area contributed by atoms with Crippen molar-refractivity contribution in [1.29, 1.82) is 0 Å². The Labute approximate surface area is 54.9 Å². The van der Waals surface area contributed by atoms with Gasteiger partial charge in [-0.1, -0.05) is 12.2 Å². The summed E-state index contributed by atoms with van der Waals surface area (Å²) >= 11 is 0. The molecule has 0 aliphatic carbocycles. The van der Waals surface area contributed by atoms with Crippen molar-refractivity contribution < 1.29 is 4.79 Å². The number of nitrogens with one attached hydrogen (secondary N) is 1. The Morgan fingerprint density at radius 1 is 1.78 bits per heavy atom. The van der Waals surface area contributed by atoms with Gasteiger partial charge < -0.3 is 5.32 Å². The Hall–Kier alpha value is -0.630. The van der Waals surface area contributed by atoms with Gasteiger partial charge in [0, 0.05) is 19.0 Å². The molecule has 0 saturated heterocycles. The van der Waals surface area contributed by atoms with Crippen molar-refractivity contribution in [3.8, 4) is 0 Å². The average Bonchev–Trinajstić information content (AvgIpc) is 1.90. The first kappa shape index (κ1) is 6.49. The fraction of sp³-hybridized carbons (Fsp3) is 0.571. The highest BCUT2D eigenvalue weighted by atomic mass is 16.1. The lowest BCUT2D eigenvalue weighted by atomic mass is 10.0. The smallest absolute Gasteiger partial charge is 0.137 e. The minimum atomic E-state index is 0.124. The fourth-order valence-electron chi connectivity index (χ4n) is 0.902. The standard InChI is InChI=1S/C7H11NO/c1-6(9)7-3-2-4-8-5-7/h2-3,7-8H,4-5H2,1H3. The van der Waals surface area contributed by atoms with E-state index in [4.69, 9.17) is 0 Å². The number of hydrogen-bond acceptors (Lipinski definition) is 2. The fourth-order valence-corrected chi connectivity index (χ4v) is 0.902. The van der Waals surface area contributed by atoms with Crippen LogP contribution in [0.25, 0.3) is 0 Å². The van der Waals surface area contributed by atoms with Crippen LogP contribution in [0, 0.1) is 5.92 Å². The van der Waals surface area contributed by atoms with E-state index in [2.05, 4.69) is 5.32 Å². The predicted octanol–water partition coefficient (Wildman–Crippen LogP) is 0.351. The third kappa shape index (κ3) is 1.64. The molecule has 0 bridgehead atoms. The molecular weight excluding hydrogens is 114 g/mol. The quantitative estimate of drug-likeness (QED) is 0.512. The van der Waals surface area contributed by atoms with Crippen LogP contribution >= 0.6 is 0 Å². The van der Waals surface area contributed by atoms with Crippen molar-refractivity contribution in [1.82, 2.24) is 5.32 Å². The van der Waals surface area contributed by atoms with Gasteiger partial charge >= 0.3 is 0 Å². The third-order valence-corrected chi connectivity index (χ3v) is 1.52. The Kier molecular flexibility index (Phi) is 2.01. The molecule has 0 amide bonds. The number of carbonyl (C=O) groups is 1. The molecule has 1 aliphatic rings. The number of rotatable bonds is 1. The molecule has 1 atom stereocenters. The van der Waals surface area contributed by atoms with Crippen molar-refractivity contribution in [3.63, 3.8) is 0 Å². The second-order valence-corrected chi connectivity index (χ2v) is 2.30. The van der Waals surface area contributed by atoms with E-state index >= 15 is 0 Å². The molecule has 0 aromatic heterocycles. The van der Waals surface area contributed by atoms with Crippen LogP contribution in [0.15, 0.2) is 12.2 Å². The lowest BCUT2D eigenvalue weighted by molar-refractivity contribution is -0.119. The van der Waals surface area contributed by atoms with E-state index in [1.54, 1.807) is 6.92 Å². The first-order chi connectivity index (χ1) is 4.30. The minimum absolute atomic E-state index is 0.124. The van der Waals surface area contributed by atoms with Crippen molar-refractivity contribution in [3.05, 3.63) is 12.2 Å². The van der Waals surface area contributed by atoms with Crippen LogP contribution < -0.4 is 5.32 Å². The van der Waals surface area contributed by atoms with Gasteiger partial charge in [0.2, 0.25) is 0 Å². The zero-order chi connectivity index (χ0) is 6.69. The largest absolute Gasteiger partial charge is 0.312 e. The van der Waals surface area contributed by atoms with Crippen LogP contribution in [0.4, 0.5) is 0 Å². The van der Waals surface area contributed by atoms with Gasteiger partial charge in [-0.15, -0.1) is 0 Å². The molecule has 9 heavy (non-hydrogen) atoms. The van der Waals surface area contributed by atoms with Gasteiger partial charge in [0.1, 0.15) is 5.78 Å². The minimum Gasteiger partial charge on any atom is -0.312 e. The summed E-state index contributed by atoms with van der Waals surface area (Å²) in [4.78, 5) is 10.7. The predicted molar refractivity (Wildman–Crippen MR) is 36.2 cm³/mol. The van der Waals surface area contributed by atoms with E-state index in [1.807, 2.05) is 12.2 Å². The molecule has 1 rings (SSSR count). The van der Waals surface area contributed by atoms with E-state index in [-0.39, 0.29) is 11.7 Å². The molecule has 1 heterocycles. The zero-order valence-electron chi connectivity index (χ0n) is 5.55. The highest BCUT2D eigenvalue weighted by Crippen LogP contribution is 2.01. The van der Waals surface area contributed by atoms with Crippen molar-refractivity contribution >= 4 is 5.78 Å². The molecule has 1 aliphatic heterocycles. The second-order valence-electron chi connectivity index (χ2n) is 2.30. The Morgan fingerprint density at radius 2 is 2.56 bits per heavy atom. The molecule has 0 saturated carbocycles. The molecular formula is C7H11NO. The highest BCUT2D eigenvalue weighted by molar-refractivity contribution is 5.80. The maximum atomic E-state index is 10.7. The second kappa shape index (κ2) is 2.78. The van der Waals surface area contributed by atoms with Gasteiger partial charge in [-0.25, -0.2) is 0 Å². The van der Waals surface area contributed by atoms with Gasteiger partial charge in [0.25, 0.3) is 0 Å². The Morgan fingerprint density at radius 3 is 2.89 bits per heavy atom.